The highest BCUT2D eigenvalue weighted by Gasteiger charge is 2.29. The Morgan fingerprint density at radius 3 is 3.12 bits per heavy atom. The lowest BCUT2D eigenvalue weighted by Crippen LogP contribution is -2.46. The van der Waals surface area contributed by atoms with E-state index in [0.29, 0.717) is 0 Å². The molecule has 90 valence electrons. The molecule has 2 heterocycles. The van der Waals surface area contributed by atoms with E-state index in [9.17, 15) is 0 Å². The van der Waals surface area contributed by atoms with Crippen LogP contribution in [0.5, 0.6) is 5.75 Å². The van der Waals surface area contributed by atoms with Crippen molar-refractivity contribution in [3.05, 3.63) is 23.8 Å². The molecule has 17 heavy (non-hydrogen) atoms. The average Bonchev–Trinajstić information content (AvgIpc) is 2.84. The second-order valence-corrected chi connectivity index (χ2v) is 4.60. The van der Waals surface area contributed by atoms with Crippen LogP contribution in [0.3, 0.4) is 0 Å². The Kier molecular flexibility index (Phi) is 2.42. The van der Waals surface area contributed by atoms with E-state index >= 15 is 0 Å². The molecule has 0 saturated heterocycles. The molecule has 0 aliphatic carbocycles. The topological polar surface area (TPSA) is 36.9 Å². The van der Waals surface area contributed by atoms with E-state index < -0.39 is 0 Å². The van der Waals surface area contributed by atoms with Crippen molar-refractivity contribution in [2.75, 3.05) is 31.6 Å². The summed E-state index contributed by atoms with van der Waals surface area (Å²) in [7, 11) is 2.10. The number of hydrogen-bond acceptors (Lipinski definition) is 4. The third kappa shape index (κ3) is 1.73. The van der Waals surface area contributed by atoms with Gasteiger partial charge in [-0.2, -0.15) is 0 Å². The van der Waals surface area contributed by atoms with Gasteiger partial charge in [-0.1, -0.05) is 12.1 Å². The van der Waals surface area contributed by atoms with E-state index in [4.69, 9.17) is 4.74 Å². The highest BCUT2D eigenvalue weighted by atomic mass is 16.5. The molecule has 3 rings (SSSR count). The minimum Gasteiger partial charge on any atom is -0.478 e. The molecule has 2 aliphatic heterocycles. The number of nitrogens with one attached hydrogen (secondary N) is 1. The van der Waals surface area contributed by atoms with Gasteiger partial charge in [-0.05, 0) is 18.6 Å². The van der Waals surface area contributed by atoms with Gasteiger partial charge >= 0.3 is 0 Å². The molecular formula is C13H17N3O. The summed E-state index contributed by atoms with van der Waals surface area (Å²) in [5.41, 5.74) is 2.34. The summed E-state index contributed by atoms with van der Waals surface area (Å²) < 4.78 is 6.08. The number of fused-ring (bicyclic) bond motifs is 1. The van der Waals surface area contributed by atoms with Crippen molar-refractivity contribution in [2.24, 2.45) is 4.99 Å². The smallest absolute Gasteiger partial charge is 0.173 e. The first-order chi connectivity index (χ1) is 8.25. The maximum absolute atomic E-state index is 6.08. The van der Waals surface area contributed by atoms with Gasteiger partial charge in [-0.15, -0.1) is 0 Å². The predicted octanol–water partition coefficient (Wildman–Crippen LogP) is 1.19. The fourth-order valence-electron chi connectivity index (χ4n) is 2.39. The highest BCUT2D eigenvalue weighted by Crippen LogP contribution is 2.35. The number of anilines is 1. The van der Waals surface area contributed by atoms with Gasteiger partial charge in [0.2, 0.25) is 0 Å². The van der Waals surface area contributed by atoms with Crippen LogP contribution >= 0.6 is 0 Å². The SMILES string of the molecule is Cc1cccc2c1O[C@@H](C1=NCCN1)CN2C. The van der Waals surface area contributed by atoms with E-state index in [1.165, 1.54) is 11.3 Å². The van der Waals surface area contributed by atoms with Crippen molar-refractivity contribution in [1.29, 1.82) is 0 Å². The van der Waals surface area contributed by atoms with E-state index in [1.54, 1.807) is 0 Å². The zero-order valence-electron chi connectivity index (χ0n) is 10.2. The van der Waals surface area contributed by atoms with Gasteiger partial charge in [0.05, 0.1) is 18.8 Å². The molecule has 1 N–H and O–H groups in total. The second-order valence-electron chi connectivity index (χ2n) is 4.60. The van der Waals surface area contributed by atoms with Gasteiger partial charge in [-0.3, -0.25) is 4.99 Å². The first-order valence-corrected chi connectivity index (χ1v) is 6.01. The molecule has 1 atom stereocenters. The molecule has 0 spiro atoms. The molecule has 0 aromatic heterocycles. The largest absolute Gasteiger partial charge is 0.478 e. The summed E-state index contributed by atoms with van der Waals surface area (Å²) in [6, 6.07) is 6.25. The van der Waals surface area contributed by atoms with Crippen LogP contribution in [-0.2, 0) is 0 Å². The third-order valence-electron chi connectivity index (χ3n) is 3.31. The first kappa shape index (κ1) is 10.4. The van der Waals surface area contributed by atoms with Gasteiger partial charge in [0.1, 0.15) is 11.6 Å². The molecule has 0 fully saturated rings. The molecule has 0 radical (unpaired) electrons. The maximum Gasteiger partial charge on any atom is 0.173 e. The molecule has 0 unspecified atom stereocenters. The van der Waals surface area contributed by atoms with Crippen molar-refractivity contribution in [3.63, 3.8) is 0 Å². The van der Waals surface area contributed by atoms with Crippen molar-refractivity contribution in [2.45, 2.75) is 13.0 Å². The number of aliphatic imine (C=N–C) groups is 1. The molecular weight excluding hydrogens is 214 g/mol. The van der Waals surface area contributed by atoms with Crippen LogP contribution in [0.4, 0.5) is 5.69 Å². The Morgan fingerprint density at radius 1 is 1.47 bits per heavy atom. The summed E-state index contributed by atoms with van der Waals surface area (Å²) >= 11 is 0. The van der Waals surface area contributed by atoms with Crippen LogP contribution in [0.1, 0.15) is 5.56 Å². The van der Waals surface area contributed by atoms with Crippen LogP contribution in [0.15, 0.2) is 23.2 Å². The Morgan fingerprint density at radius 2 is 2.35 bits per heavy atom. The number of likely N-dealkylation sites (N-methyl/N-ethyl adjacent to an activating group) is 1. The number of rotatable bonds is 1. The van der Waals surface area contributed by atoms with E-state index in [0.717, 1.165) is 31.2 Å². The quantitative estimate of drug-likeness (QED) is 0.789. The highest BCUT2D eigenvalue weighted by molar-refractivity contribution is 5.89. The van der Waals surface area contributed by atoms with Crippen LogP contribution in [-0.4, -0.2) is 38.6 Å². The zero-order chi connectivity index (χ0) is 11.8. The van der Waals surface area contributed by atoms with Gasteiger partial charge in [0, 0.05) is 13.6 Å². The monoisotopic (exact) mass is 231 g/mol. The molecule has 2 aliphatic rings. The molecule has 4 nitrogen and oxygen atoms in total. The minimum atomic E-state index is 0.0381. The number of amidine groups is 1. The van der Waals surface area contributed by atoms with Crippen molar-refractivity contribution in [3.8, 4) is 5.75 Å². The number of aryl methyl sites for hydroxylation is 1. The number of ether oxygens (including phenoxy) is 1. The number of para-hydroxylation sites is 1. The summed E-state index contributed by atoms with van der Waals surface area (Å²) in [5, 5.41) is 3.30. The van der Waals surface area contributed by atoms with Crippen LogP contribution < -0.4 is 15.0 Å². The zero-order valence-corrected chi connectivity index (χ0v) is 10.2. The predicted molar refractivity (Wildman–Crippen MR) is 69.2 cm³/mol. The molecule has 1 aromatic carbocycles. The molecule has 0 saturated carbocycles. The molecule has 4 heteroatoms. The number of benzene rings is 1. The van der Waals surface area contributed by atoms with Gasteiger partial charge in [-0.25, -0.2) is 0 Å². The number of nitrogens with zero attached hydrogens (tertiary/aromatic N) is 2. The van der Waals surface area contributed by atoms with Crippen LogP contribution in [0, 0.1) is 6.92 Å². The van der Waals surface area contributed by atoms with Crippen LogP contribution in [0.2, 0.25) is 0 Å². The lowest BCUT2D eigenvalue weighted by molar-refractivity contribution is 0.254. The summed E-state index contributed by atoms with van der Waals surface area (Å²) in [6.07, 6.45) is 0.0381. The lowest BCUT2D eigenvalue weighted by atomic mass is 10.1. The Balaban J connectivity index is 1.94. The number of hydrogen-bond donors (Lipinski definition) is 1. The standard InChI is InChI=1S/C13H17N3O/c1-9-4-3-5-10-12(9)17-11(8-16(10)2)13-14-6-7-15-13/h3-5,11H,6-8H2,1-2H3,(H,14,15)/t11-/m1/s1. The molecule has 0 bridgehead atoms. The third-order valence-corrected chi connectivity index (χ3v) is 3.31. The fraction of sp³-hybridized carbons (Fsp3) is 0.462. The van der Waals surface area contributed by atoms with Crippen LogP contribution in [0.25, 0.3) is 0 Å². The average molecular weight is 231 g/mol. The normalized spacial score (nSPS) is 22.6. The van der Waals surface area contributed by atoms with E-state index in [2.05, 4.69) is 47.4 Å². The maximum atomic E-state index is 6.08. The second kappa shape index (κ2) is 3.95. The van der Waals surface area contributed by atoms with Crippen molar-refractivity contribution < 1.29 is 4.74 Å². The summed E-state index contributed by atoms with van der Waals surface area (Å²) in [6.45, 7) is 4.72. The molecule has 0 amide bonds. The lowest BCUT2D eigenvalue weighted by Gasteiger charge is -2.34. The molecule has 1 aromatic rings. The fourth-order valence-corrected chi connectivity index (χ4v) is 2.39. The van der Waals surface area contributed by atoms with Gasteiger partial charge in [0.15, 0.2) is 6.10 Å². The first-order valence-electron chi connectivity index (χ1n) is 6.01. The summed E-state index contributed by atoms with van der Waals surface area (Å²) in [5.74, 6) is 1.98. The Bertz CT molecular complexity index is 470. The Labute approximate surface area is 101 Å². The van der Waals surface area contributed by atoms with Gasteiger partial charge < -0.3 is 15.0 Å². The van der Waals surface area contributed by atoms with E-state index in [1.807, 2.05) is 0 Å². The van der Waals surface area contributed by atoms with E-state index in [-0.39, 0.29) is 6.10 Å². The Hall–Kier alpha value is -1.71. The van der Waals surface area contributed by atoms with Crippen molar-refractivity contribution >= 4 is 11.5 Å². The minimum absolute atomic E-state index is 0.0381. The summed E-state index contributed by atoms with van der Waals surface area (Å²) in [4.78, 5) is 6.69. The van der Waals surface area contributed by atoms with Crippen molar-refractivity contribution in [1.82, 2.24) is 5.32 Å². The van der Waals surface area contributed by atoms with Gasteiger partial charge in [0.25, 0.3) is 0 Å².